The smallest absolute Gasteiger partial charge is 0.317 e. The molecule has 0 spiro atoms. The Hall–Kier alpha value is -1.68. The van der Waals surface area contributed by atoms with Gasteiger partial charge in [0.1, 0.15) is 0 Å². The monoisotopic (exact) mass is 279 g/mol. The second kappa shape index (κ2) is 6.48. The number of hydrogen-bond acceptors (Lipinski definition) is 2. The summed E-state index contributed by atoms with van der Waals surface area (Å²) < 4.78 is 0. The van der Waals surface area contributed by atoms with Gasteiger partial charge in [0.25, 0.3) is 0 Å². The first-order valence-corrected chi connectivity index (χ1v) is 6.72. The van der Waals surface area contributed by atoms with Crippen LogP contribution >= 0.6 is 11.6 Å². The predicted octanol–water partition coefficient (Wildman–Crippen LogP) is 2.36. The minimum Gasteiger partial charge on any atom is -0.368 e. The first-order chi connectivity index (χ1) is 9.20. The molecule has 5 heteroatoms. The van der Waals surface area contributed by atoms with Gasteiger partial charge in [0, 0.05) is 43.4 Å². The molecule has 102 valence electrons. The van der Waals surface area contributed by atoms with Crippen LogP contribution in [0.1, 0.15) is 0 Å². The van der Waals surface area contributed by atoms with Gasteiger partial charge in [-0.1, -0.05) is 17.7 Å². The van der Waals surface area contributed by atoms with Gasteiger partial charge in [0.15, 0.2) is 0 Å². The maximum absolute atomic E-state index is 11.8. The Labute approximate surface area is 118 Å². The Morgan fingerprint density at radius 1 is 1.26 bits per heavy atom. The molecule has 0 aromatic heterocycles. The molecule has 0 radical (unpaired) electrons. The van der Waals surface area contributed by atoms with Gasteiger partial charge in [-0.2, -0.15) is 0 Å². The second-order valence-electron chi connectivity index (χ2n) is 4.43. The molecule has 1 heterocycles. The van der Waals surface area contributed by atoms with E-state index in [0.717, 1.165) is 36.9 Å². The third-order valence-electron chi connectivity index (χ3n) is 3.16. The molecule has 1 fully saturated rings. The lowest BCUT2D eigenvalue weighted by Crippen LogP contribution is -2.51. The lowest BCUT2D eigenvalue weighted by molar-refractivity contribution is 0.195. The van der Waals surface area contributed by atoms with Gasteiger partial charge in [-0.25, -0.2) is 4.79 Å². The number of rotatable bonds is 3. The quantitative estimate of drug-likeness (QED) is 0.862. The highest BCUT2D eigenvalue weighted by Gasteiger charge is 2.20. The summed E-state index contributed by atoms with van der Waals surface area (Å²) in [4.78, 5) is 15.9. The van der Waals surface area contributed by atoms with Crippen LogP contribution in [0.25, 0.3) is 0 Å². The van der Waals surface area contributed by atoms with E-state index in [0.29, 0.717) is 6.54 Å². The van der Waals surface area contributed by atoms with Crippen LogP contribution < -0.4 is 10.2 Å². The van der Waals surface area contributed by atoms with E-state index in [1.807, 2.05) is 29.2 Å². The number of amides is 2. The van der Waals surface area contributed by atoms with Gasteiger partial charge in [-0.05, 0) is 24.3 Å². The number of hydrogen-bond donors (Lipinski definition) is 1. The van der Waals surface area contributed by atoms with Crippen LogP contribution in [0.2, 0.25) is 5.02 Å². The van der Waals surface area contributed by atoms with Crippen LogP contribution in [0.5, 0.6) is 0 Å². The number of carbonyl (C=O) groups is 1. The highest BCUT2D eigenvalue weighted by Crippen LogP contribution is 2.19. The molecule has 19 heavy (non-hydrogen) atoms. The second-order valence-corrected chi connectivity index (χ2v) is 4.86. The van der Waals surface area contributed by atoms with E-state index in [-0.39, 0.29) is 6.03 Å². The molecule has 1 aromatic rings. The molecule has 0 bridgehead atoms. The zero-order valence-electron chi connectivity index (χ0n) is 10.8. The molecule has 0 unspecified atom stereocenters. The fourth-order valence-corrected chi connectivity index (χ4v) is 2.22. The minimum absolute atomic E-state index is 0.0179. The van der Waals surface area contributed by atoms with E-state index in [4.69, 9.17) is 11.6 Å². The SMILES string of the molecule is C=CCNC(=O)N1CCN(c2ccc(Cl)cc2)CC1. The van der Waals surface area contributed by atoms with Crippen LogP contribution in [0, 0.1) is 0 Å². The molecular weight excluding hydrogens is 262 g/mol. The molecule has 1 aliphatic rings. The van der Waals surface area contributed by atoms with Crippen molar-refractivity contribution < 1.29 is 4.79 Å². The topological polar surface area (TPSA) is 35.6 Å². The van der Waals surface area contributed by atoms with E-state index >= 15 is 0 Å². The van der Waals surface area contributed by atoms with E-state index in [9.17, 15) is 4.79 Å². The molecular formula is C14H18ClN3O. The molecule has 4 nitrogen and oxygen atoms in total. The van der Waals surface area contributed by atoms with E-state index in [1.165, 1.54) is 0 Å². The summed E-state index contributed by atoms with van der Waals surface area (Å²) in [6.07, 6.45) is 1.68. The highest BCUT2D eigenvalue weighted by molar-refractivity contribution is 6.30. The molecule has 1 saturated heterocycles. The van der Waals surface area contributed by atoms with Crippen molar-refractivity contribution >= 4 is 23.3 Å². The fourth-order valence-electron chi connectivity index (χ4n) is 2.09. The van der Waals surface area contributed by atoms with Crippen LogP contribution in [0.15, 0.2) is 36.9 Å². The van der Waals surface area contributed by atoms with Crippen LogP contribution in [-0.4, -0.2) is 43.7 Å². The van der Waals surface area contributed by atoms with E-state index in [2.05, 4.69) is 16.8 Å². The molecule has 2 amide bonds. The average molecular weight is 280 g/mol. The van der Waals surface area contributed by atoms with Gasteiger partial charge in [0.05, 0.1) is 0 Å². The van der Waals surface area contributed by atoms with E-state index < -0.39 is 0 Å². The van der Waals surface area contributed by atoms with Crippen molar-refractivity contribution in [3.8, 4) is 0 Å². The van der Waals surface area contributed by atoms with Crippen molar-refractivity contribution in [3.63, 3.8) is 0 Å². The predicted molar refractivity (Wildman–Crippen MR) is 78.8 cm³/mol. The van der Waals surface area contributed by atoms with Crippen molar-refractivity contribution in [1.29, 1.82) is 0 Å². The molecule has 0 atom stereocenters. The highest BCUT2D eigenvalue weighted by atomic mass is 35.5. The summed E-state index contributed by atoms with van der Waals surface area (Å²) in [6, 6.07) is 7.78. The number of urea groups is 1. The Bertz CT molecular complexity index is 439. The van der Waals surface area contributed by atoms with Crippen LogP contribution in [0.4, 0.5) is 10.5 Å². The average Bonchev–Trinajstić information content (AvgIpc) is 2.46. The number of nitrogens with zero attached hydrogens (tertiary/aromatic N) is 2. The number of carbonyl (C=O) groups excluding carboxylic acids is 1. The number of anilines is 1. The summed E-state index contributed by atoms with van der Waals surface area (Å²) in [5, 5.41) is 3.54. The zero-order valence-corrected chi connectivity index (χ0v) is 11.6. The Morgan fingerprint density at radius 2 is 1.89 bits per heavy atom. The van der Waals surface area contributed by atoms with Crippen molar-refractivity contribution in [2.24, 2.45) is 0 Å². The van der Waals surface area contributed by atoms with E-state index in [1.54, 1.807) is 6.08 Å². The van der Waals surface area contributed by atoms with Gasteiger partial charge in [-0.15, -0.1) is 6.58 Å². The molecule has 2 rings (SSSR count). The van der Waals surface area contributed by atoms with Crippen molar-refractivity contribution in [2.75, 3.05) is 37.6 Å². The summed E-state index contributed by atoms with van der Waals surface area (Å²) in [5.74, 6) is 0. The first kappa shape index (κ1) is 13.7. The standard InChI is InChI=1S/C14H18ClN3O/c1-2-7-16-14(19)18-10-8-17(9-11-18)13-5-3-12(15)4-6-13/h2-6H,1,7-11H2,(H,16,19). The summed E-state index contributed by atoms with van der Waals surface area (Å²) in [6.45, 7) is 7.22. The largest absolute Gasteiger partial charge is 0.368 e. The third kappa shape index (κ3) is 3.64. The Morgan fingerprint density at radius 3 is 2.47 bits per heavy atom. The lowest BCUT2D eigenvalue weighted by atomic mass is 10.2. The number of nitrogens with one attached hydrogen (secondary N) is 1. The molecule has 1 aliphatic heterocycles. The first-order valence-electron chi connectivity index (χ1n) is 6.35. The normalized spacial score (nSPS) is 15.2. The fraction of sp³-hybridized carbons (Fsp3) is 0.357. The van der Waals surface area contributed by atoms with Gasteiger partial charge < -0.3 is 15.1 Å². The summed E-state index contributed by atoms with van der Waals surface area (Å²) in [7, 11) is 0. The van der Waals surface area contributed by atoms with Gasteiger partial charge in [-0.3, -0.25) is 0 Å². The van der Waals surface area contributed by atoms with Crippen LogP contribution in [-0.2, 0) is 0 Å². The number of benzene rings is 1. The van der Waals surface area contributed by atoms with Gasteiger partial charge in [0.2, 0.25) is 0 Å². The maximum Gasteiger partial charge on any atom is 0.317 e. The summed E-state index contributed by atoms with van der Waals surface area (Å²) >= 11 is 5.88. The van der Waals surface area contributed by atoms with Crippen molar-refractivity contribution in [3.05, 3.63) is 41.9 Å². The molecule has 1 N–H and O–H groups in total. The Kier molecular flexibility index (Phi) is 4.68. The minimum atomic E-state index is -0.0179. The zero-order chi connectivity index (χ0) is 13.7. The van der Waals surface area contributed by atoms with Crippen LogP contribution in [0.3, 0.4) is 0 Å². The number of halogens is 1. The third-order valence-corrected chi connectivity index (χ3v) is 3.41. The molecule has 1 aromatic carbocycles. The van der Waals surface area contributed by atoms with Gasteiger partial charge >= 0.3 is 6.03 Å². The molecule has 0 aliphatic carbocycles. The van der Waals surface area contributed by atoms with Crippen molar-refractivity contribution in [2.45, 2.75) is 0 Å². The molecule has 0 saturated carbocycles. The van der Waals surface area contributed by atoms with Crippen molar-refractivity contribution in [1.82, 2.24) is 10.2 Å². The number of piperazine rings is 1. The Balaban J connectivity index is 1.86. The lowest BCUT2D eigenvalue weighted by Gasteiger charge is -2.36. The summed E-state index contributed by atoms with van der Waals surface area (Å²) in [5.41, 5.74) is 1.15. The maximum atomic E-state index is 11.8.